The van der Waals surface area contributed by atoms with Crippen LogP contribution in [0.15, 0.2) is 36.4 Å². The predicted octanol–water partition coefficient (Wildman–Crippen LogP) is 16.5. The van der Waals surface area contributed by atoms with E-state index >= 15 is 0 Å². The summed E-state index contributed by atoms with van der Waals surface area (Å²) < 4.78 is 6.89. The van der Waals surface area contributed by atoms with E-state index < -0.39 is 0 Å². The summed E-state index contributed by atoms with van der Waals surface area (Å²) in [4.78, 5) is 37.8. The van der Waals surface area contributed by atoms with Gasteiger partial charge in [-0.05, 0) is 36.4 Å². The van der Waals surface area contributed by atoms with Crippen molar-refractivity contribution < 1.29 is 0 Å². The molecule has 0 atom stereocenters. The number of fused-ring (bicyclic) bond motifs is 15. The molecule has 0 amide bonds. The van der Waals surface area contributed by atoms with Crippen LogP contribution in [0, 0.1) is 0 Å². The fraction of sp³-hybridized carbons (Fsp3) is 0.500. The molecule has 0 saturated carbocycles. The second-order valence-electron chi connectivity index (χ2n) is 21.9. The second-order valence-corrected chi connectivity index (χ2v) is 28.1. The zero-order valence-electron chi connectivity index (χ0n) is 38.6. The number of rotatable bonds is 0. The fourth-order valence-corrected chi connectivity index (χ4v) is 14.0. The predicted molar refractivity (Wildman–Crippen MR) is 271 cm³/mol. The van der Waals surface area contributed by atoms with Gasteiger partial charge in [-0.1, -0.05) is 125 Å². The van der Waals surface area contributed by atoms with Crippen LogP contribution in [0.1, 0.15) is 159 Å². The Labute approximate surface area is 380 Å². The van der Waals surface area contributed by atoms with E-state index in [1.54, 1.807) is 68.0 Å². The van der Waals surface area contributed by atoms with Gasteiger partial charge in [0.05, 0.1) is 62.4 Å². The van der Waals surface area contributed by atoms with Crippen molar-refractivity contribution in [3.05, 3.63) is 70.6 Å². The maximum absolute atomic E-state index is 5.35. The summed E-state index contributed by atoms with van der Waals surface area (Å²) in [7, 11) is 0. The van der Waals surface area contributed by atoms with Crippen LogP contribution >= 0.6 is 68.0 Å². The highest BCUT2D eigenvalue weighted by Gasteiger charge is 2.27. The van der Waals surface area contributed by atoms with E-state index in [1.807, 2.05) is 0 Å². The standard InChI is InChI=1S/C48H60N6S6/c1-43(2,3)31-25-19-20-26-32(44(4,5)6)51-39(57-26)40-52-35(47(13,14)15)29(58-40)23-24-30-36(48(16,17)18)54-42(60-30)41-53-34(46(10,11)12)28(59-41)22-21-27-33(45(7,8)9)50-38(56-27)37(49-31)55-25/h19-24H,1-18H3. The lowest BCUT2D eigenvalue weighted by Gasteiger charge is -2.16. The van der Waals surface area contributed by atoms with Crippen molar-refractivity contribution in [3.63, 3.8) is 0 Å². The number of nitrogens with zero attached hydrogens (tertiary/aromatic N) is 6. The molecular weight excluding hydrogens is 853 g/mol. The van der Waals surface area contributed by atoms with Crippen molar-refractivity contribution >= 4 is 125 Å². The Hall–Kier alpha value is -3.00. The molecule has 318 valence electrons. The minimum absolute atomic E-state index is 0.163. The van der Waals surface area contributed by atoms with Crippen molar-refractivity contribution in [1.29, 1.82) is 0 Å². The molecule has 0 aliphatic heterocycles. The smallest absolute Gasteiger partial charge is 0.153 e. The molecule has 7 rings (SSSR count). The normalized spacial score (nSPS) is 13.5. The molecular formula is C48H60N6S6. The molecule has 0 fully saturated rings. The van der Waals surface area contributed by atoms with Gasteiger partial charge in [0.15, 0.2) is 29.0 Å². The molecule has 0 unspecified atom stereocenters. The SMILES string of the molecule is CC(C)(C)c1nc2sc1ccc1sc(nc1C(C)(C)C)c1nc(C(C)(C)C)c(ccc3sc(nc3C(C)(C)C)c3nc(C(C)(C)C)c(ccc4sc2nc4C(C)(C)C)s3)s1. The van der Waals surface area contributed by atoms with Gasteiger partial charge in [0.25, 0.3) is 0 Å². The van der Waals surface area contributed by atoms with Gasteiger partial charge in [-0.2, -0.15) is 0 Å². The Bertz CT molecular complexity index is 2470. The van der Waals surface area contributed by atoms with Gasteiger partial charge in [-0.3, -0.25) is 0 Å². The Morgan fingerprint density at radius 3 is 0.450 bits per heavy atom. The van der Waals surface area contributed by atoms with E-state index in [-0.39, 0.29) is 32.5 Å². The van der Waals surface area contributed by atoms with Crippen LogP contribution in [-0.4, -0.2) is 29.9 Å². The minimum Gasteiger partial charge on any atom is -0.237 e. The molecule has 0 aromatic carbocycles. The molecule has 7 aromatic heterocycles. The fourth-order valence-electron chi connectivity index (χ4n) is 6.90. The average Bonchev–Trinajstić information content (AvgIpc) is 3.93. The first kappa shape index (κ1) is 45.0. The minimum atomic E-state index is -0.163. The van der Waals surface area contributed by atoms with Gasteiger partial charge in [0.1, 0.15) is 0 Å². The molecule has 12 bridgehead atoms. The molecule has 6 nitrogen and oxygen atoms in total. The van der Waals surface area contributed by atoms with Crippen LogP contribution in [0.25, 0.3) is 57.2 Å². The summed E-state index contributed by atoms with van der Waals surface area (Å²) in [6.07, 6.45) is 0. The van der Waals surface area contributed by atoms with Crippen LogP contribution in [0.5, 0.6) is 0 Å². The van der Waals surface area contributed by atoms with Crippen molar-refractivity contribution in [2.45, 2.75) is 157 Å². The van der Waals surface area contributed by atoms with Crippen LogP contribution in [-0.2, 0) is 32.5 Å². The summed E-state index contributed by atoms with van der Waals surface area (Å²) >= 11 is 10.4. The molecule has 60 heavy (non-hydrogen) atoms. The van der Waals surface area contributed by atoms with E-state index in [0.717, 1.165) is 91.3 Å². The molecule has 7 heterocycles. The number of thiazole rings is 6. The van der Waals surface area contributed by atoms with Crippen molar-refractivity contribution in [2.24, 2.45) is 0 Å². The number of aromatic nitrogens is 6. The molecule has 0 saturated heterocycles. The Morgan fingerprint density at radius 1 is 0.233 bits per heavy atom. The highest BCUT2D eigenvalue weighted by atomic mass is 32.1. The van der Waals surface area contributed by atoms with Gasteiger partial charge in [0, 0.05) is 32.5 Å². The third-order valence-electron chi connectivity index (χ3n) is 9.89. The quantitative estimate of drug-likeness (QED) is 0.151. The topological polar surface area (TPSA) is 77.3 Å². The summed E-state index contributed by atoms with van der Waals surface area (Å²) in [5.74, 6) is 0. The summed E-state index contributed by atoms with van der Waals surface area (Å²) in [6, 6.07) is 13.5. The summed E-state index contributed by atoms with van der Waals surface area (Å²) in [6.45, 7) is 40.4. The van der Waals surface area contributed by atoms with Gasteiger partial charge in [-0.25, -0.2) is 29.9 Å². The maximum Gasteiger partial charge on any atom is 0.153 e. The lowest BCUT2D eigenvalue weighted by atomic mass is 9.91. The van der Waals surface area contributed by atoms with Crippen LogP contribution < -0.4 is 0 Å². The zero-order valence-corrected chi connectivity index (χ0v) is 43.5. The van der Waals surface area contributed by atoms with Crippen LogP contribution in [0.3, 0.4) is 0 Å². The highest BCUT2D eigenvalue weighted by molar-refractivity contribution is 7.31. The Morgan fingerprint density at radius 2 is 0.350 bits per heavy atom. The molecule has 0 aliphatic rings. The molecule has 7 aromatic rings. The Kier molecular flexibility index (Phi) is 11.5. The molecule has 12 heteroatoms. The van der Waals surface area contributed by atoms with Crippen LogP contribution in [0.2, 0.25) is 0 Å². The van der Waals surface area contributed by atoms with E-state index in [2.05, 4.69) is 161 Å². The first-order valence-corrected chi connectivity index (χ1v) is 25.5. The average molecular weight is 913 g/mol. The first-order chi connectivity index (χ1) is 27.5. The van der Waals surface area contributed by atoms with Crippen molar-refractivity contribution in [1.82, 2.24) is 29.9 Å². The lowest BCUT2D eigenvalue weighted by molar-refractivity contribution is 0.578. The Balaban J connectivity index is 1.69. The monoisotopic (exact) mass is 912 g/mol. The highest BCUT2D eigenvalue weighted by Crippen LogP contribution is 2.41. The van der Waals surface area contributed by atoms with E-state index in [9.17, 15) is 0 Å². The van der Waals surface area contributed by atoms with Gasteiger partial charge >= 0.3 is 0 Å². The lowest BCUT2D eigenvalue weighted by Crippen LogP contribution is -2.12. The third kappa shape index (κ3) is 9.20. The largest absolute Gasteiger partial charge is 0.237 e. The molecule has 0 spiro atoms. The van der Waals surface area contributed by atoms with Crippen molar-refractivity contribution in [2.75, 3.05) is 0 Å². The first-order valence-electron chi connectivity index (χ1n) is 20.6. The van der Waals surface area contributed by atoms with Gasteiger partial charge in [0.2, 0.25) is 0 Å². The van der Waals surface area contributed by atoms with Gasteiger partial charge < -0.3 is 0 Å². The molecule has 0 N–H and O–H groups in total. The van der Waals surface area contributed by atoms with E-state index in [1.165, 1.54) is 0 Å². The summed E-state index contributed by atoms with van der Waals surface area (Å²) in [5, 5.41) is 0. The zero-order chi connectivity index (χ0) is 44.1. The number of hydrogen-bond acceptors (Lipinski definition) is 12. The van der Waals surface area contributed by atoms with Gasteiger partial charge in [-0.15, -0.1) is 68.0 Å². The maximum atomic E-state index is 5.35. The van der Waals surface area contributed by atoms with Crippen LogP contribution in [0.4, 0.5) is 0 Å². The van der Waals surface area contributed by atoms with E-state index in [4.69, 9.17) is 29.9 Å². The summed E-state index contributed by atoms with van der Waals surface area (Å²) in [5.41, 5.74) is 5.49. The second kappa shape index (κ2) is 15.4. The third-order valence-corrected chi connectivity index (χ3v) is 16.4. The molecule has 0 aliphatic carbocycles. The van der Waals surface area contributed by atoms with Crippen molar-refractivity contribution in [3.8, 4) is 0 Å². The number of hydrogen-bond donors (Lipinski definition) is 0. The van der Waals surface area contributed by atoms with E-state index in [0.29, 0.717) is 0 Å². The molecule has 0 radical (unpaired) electrons.